The largest absolute Gasteiger partial charge is 0.240 e. The summed E-state index contributed by atoms with van der Waals surface area (Å²) in [5.74, 6) is 0.852. The summed E-state index contributed by atoms with van der Waals surface area (Å²) in [5, 5.41) is 0. The maximum atomic E-state index is 12.1. The van der Waals surface area contributed by atoms with Gasteiger partial charge in [0.15, 0.2) is 0 Å². The second-order valence-electron chi connectivity index (χ2n) is 5.79. The van der Waals surface area contributed by atoms with Crippen LogP contribution < -0.4 is 4.72 Å². The Morgan fingerprint density at radius 3 is 1.85 bits per heavy atom. The van der Waals surface area contributed by atoms with Crippen molar-refractivity contribution in [2.75, 3.05) is 0 Å². The van der Waals surface area contributed by atoms with Crippen LogP contribution in [-0.4, -0.2) is 19.3 Å². The molecule has 0 saturated heterocycles. The molecular formula is C15H24BrNO2S. The number of halogens is 1. The van der Waals surface area contributed by atoms with E-state index in [-0.39, 0.29) is 6.04 Å². The summed E-state index contributed by atoms with van der Waals surface area (Å²) < 4.78 is 26.7. The third-order valence-corrected chi connectivity index (χ3v) is 5.42. The molecule has 0 heterocycles. The molecule has 0 aliphatic heterocycles. The third-order valence-electron chi connectivity index (χ3n) is 3.18. The summed E-state index contributed by atoms with van der Waals surface area (Å²) >= 11 is 3.64. The quantitative estimate of drug-likeness (QED) is 0.781. The van der Waals surface area contributed by atoms with E-state index in [1.165, 1.54) is 0 Å². The topological polar surface area (TPSA) is 46.2 Å². The molecule has 0 aromatic heterocycles. The number of alkyl halides is 1. The van der Waals surface area contributed by atoms with Gasteiger partial charge in [0.05, 0.1) is 4.90 Å². The molecule has 0 saturated carbocycles. The van der Waals surface area contributed by atoms with E-state index in [4.69, 9.17) is 0 Å². The zero-order valence-corrected chi connectivity index (χ0v) is 15.1. The number of nitrogens with one attached hydrogen (secondary N) is 1. The van der Waals surface area contributed by atoms with Gasteiger partial charge < -0.3 is 0 Å². The van der Waals surface area contributed by atoms with Crippen molar-refractivity contribution >= 4 is 26.0 Å². The lowest BCUT2D eigenvalue weighted by atomic mass is 9.86. The van der Waals surface area contributed by atoms with E-state index < -0.39 is 10.0 Å². The van der Waals surface area contributed by atoms with Crippen molar-refractivity contribution in [1.29, 1.82) is 0 Å². The lowest BCUT2D eigenvalue weighted by molar-refractivity contribution is 0.498. The standard InChI is InChI=1S/C15H24BrNO2S/c1-10(2)15(12(5)16)13-6-8-14(9-7-13)20(18,19)17-11(3)4/h6-12,15,17H,1-5H3. The summed E-state index contributed by atoms with van der Waals surface area (Å²) in [5.41, 5.74) is 1.16. The van der Waals surface area contributed by atoms with Crippen LogP contribution in [0, 0.1) is 5.92 Å². The first-order valence-electron chi connectivity index (χ1n) is 6.91. The monoisotopic (exact) mass is 361 g/mol. The Kier molecular flexibility index (Phi) is 6.23. The predicted octanol–water partition coefficient (Wildman–Crippen LogP) is 3.90. The number of hydrogen-bond donors (Lipinski definition) is 1. The van der Waals surface area contributed by atoms with Gasteiger partial charge in [-0.3, -0.25) is 0 Å². The molecule has 0 spiro atoms. The first-order chi connectivity index (χ1) is 9.15. The van der Waals surface area contributed by atoms with Gasteiger partial charge in [-0.05, 0) is 43.4 Å². The van der Waals surface area contributed by atoms with Gasteiger partial charge in [0.2, 0.25) is 10.0 Å². The Bertz CT molecular complexity index is 513. The van der Waals surface area contributed by atoms with Crippen molar-refractivity contribution in [3.8, 4) is 0 Å². The molecule has 1 aromatic rings. The lowest BCUT2D eigenvalue weighted by Crippen LogP contribution is -2.30. The predicted molar refractivity (Wildman–Crippen MR) is 87.9 cm³/mol. The van der Waals surface area contributed by atoms with Gasteiger partial charge in [0.1, 0.15) is 0 Å². The summed E-state index contributed by atoms with van der Waals surface area (Å²) in [6.07, 6.45) is 0. The summed E-state index contributed by atoms with van der Waals surface area (Å²) in [7, 11) is -3.40. The number of rotatable bonds is 6. The van der Waals surface area contributed by atoms with Crippen molar-refractivity contribution in [2.24, 2.45) is 5.92 Å². The van der Waals surface area contributed by atoms with E-state index in [0.29, 0.717) is 21.6 Å². The average molecular weight is 362 g/mol. The fourth-order valence-corrected chi connectivity index (χ4v) is 4.59. The molecule has 1 N–H and O–H groups in total. The Labute approximate surface area is 131 Å². The molecule has 0 aliphatic rings. The number of benzene rings is 1. The SMILES string of the molecule is CC(C)NS(=O)(=O)c1ccc(C(C(C)C)C(C)Br)cc1. The highest BCUT2D eigenvalue weighted by Gasteiger charge is 2.22. The van der Waals surface area contributed by atoms with E-state index in [1.807, 2.05) is 26.0 Å². The minimum Gasteiger partial charge on any atom is -0.209 e. The van der Waals surface area contributed by atoms with Crippen LogP contribution in [0.3, 0.4) is 0 Å². The van der Waals surface area contributed by atoms with E-state index >= 15 is 0 Å². The molecule has 3 nitrogen and oxygen atoms in total. The number of sulfonamides is 1. The van der Waals surface area contributed by atoms with E-state index in [1.54, 1.807) is 12.1 Å². The Balaban J connectivity index is 3.05. The highest BCUT2D eigenvalue weighted by atomic mass is 79.9. The van der Waals surface area contributed by atoms with Crippen LogP contribution in [0.25, 0.3) is 0 Å². The maximum Gasteiger partial charge on any atom is 0.240 e. The maximum absolute atomic E-state index is 12.1. The van der Waals surface area contributed by atoms with Gasteiger partial charge in [-0.15, -0.1) is 0 Å². The Morgan fingerprint density at radius 1 is 1.00 bits per heavy atom. The minimum atomic E-state index is -3.40. The average Bonchev–Trinajstić information content (AvgIpc) is 2.26. The normalized spacial score (nSPS) is 15.6. The number of hydrogen-bond acceptors (Lipinski definition) is 2. The molecule has 2 unspecified atom stereocenters. The van der Waals surface area contributed by atoms with E-state index in [9.17, 15) is 8.42 Å². The van der Waals surface area contributed by atoms with Crippen LogP contribution in [0.15, 0.2) is 29.2 Å². The van der Waals surface area contributed by atoms with Crippen LogP contribution in [-0.2, 0) is 10.0 Å². The second-order valence-corrected chi connectivity index (χ2v) is 8.95. The van der Waals surface area contributed by atoms with Crippen molar-refractivity contribution in [1.82, 2.24) is 4.72 Å². The molecule has 1 aromatic carbocycles. The van der Waals surface area contributed by atoms with Gasteiger partial charge in [-0.25, -0.2) is 13.1 Å². The highest BCUT2D eigenvalue weighted by molar-refractivity contribution is 9.09. The van der Waals surface area contributed by atoms with Crippen molar-refractivity contribution in [3.63, 3.8) is 0 Å². The molecule has 0 fully saturated rings. The second kappa shape index (κ2) is 7.05. The molecule has 0 bridgehead atoms. The molecule has 0 amide bonds. The van der Waals surface area contributed by atoms with Crippen molar-refractivity contribution in [3.05, 3.63) is 29.8 Å². The van der Waals surface area contributed by atoms with Crippen LogP contribution >= 0.6 is 15.9 Å². The minimum absolute atomic E-state index is 0.106. The molecule has 0 radical (unpaired) electrons. The molecule has 1 rings (SSSR count). The molecule has 0 aliphatic carbocycles. The van der Waals surface area contributed by atoms with Gasteiger partial charge >= 0.3 is 0 Å². The van der Waals surface area contributed by atoms with E-state index in [2.05, 4.69) is 41.4 Å². The zero-order chi connectivity index (χ0) is 15.5. The fraction of sp³-hybridized carbons (Fsp3) is 0.600. The fourth-order valence-electron chi connectivity index (χ4n) is 2.43. The van der Waals surface area contributed by atoms with E-state index in [0.717, 1.165) is 5.56 Å². The molecule has 2 atom stereocenters. The lowest BCUT2D eigenvalue weighted by Gasteiger charge is -2.24. The molecule has 5 heteroatoms. The Hall–Kier alpha value is -0.390. The zero-order valence-electron chi connectivity index (χ0n) is 12.7. The smallest absolute Gasteiger partial charge is 0.209 e. The van der Waals surface area contributed by atoms with Crippen molar-refractivity contribution in [2.45, 2.75) is 56.3 Å². The first kappa shape index (κ1) is 17.7. The van der Waals surface area contributed by atoms with Crippen LogP contribution in [0.4, 0.5) is 0 Å². The van der Waals surface area contributed by atoms with Crippen LogP contribution in [0.2, 0.25) is 0 Å². The molecule has 20 heavy (non-hydrogen) atoms. The Morgan fingerprint density at radius 2 is 1.50 bits per heavy atom. The summed E-state index contributed by atoms with van der Waals surface area (Å²) in [6.45, 7) is 10.1. The first-order valence-corrected chi connectivity index (χ1v) is 9.31. The van der Waals surface area contributed by atoms with Gasteiger partial charge in [0.25, 0.3) is 0 Å². The van der Waals surface area contributed by atoms with Gasteiger partial charge in [0, 0.05) is 10.9 Å². The summed E-state index contributed by atoms with van der Waals surface area (Å²) in [4.78, 5) is 0.665. The van der Waals surface area contributed by atoms with Crippen molar-refractivity contribution < 1.29 is 8.42 Å². The van der Waals surface area contributed by atoms with Gasteiger partial charge in [-0.1, -0.05) is 48.8 Å². The highest BCUT2D eigenvalue weighted by Crippen LogP contribution is 2.32. The van der Waals surface area contributed by atoms with Crippen LogP contribution in [0.5, 0.6) is 0 Å². The molecule has 114 valence electrons. The third kappa shape index (κ3) is 4.57. The van der Waals surface area contributed by atoms with Crippen LogP contribution in [0.1, 0.15) is 46.1 Å². The summed E-state index contributed by atoms with van der Waals surface area (Å²) in [6, 6.07) is 7.09. The molecular weight excluding hydrogens is 338 g/mol. The van der Waals surface area contributed by atoms with Gasteiger partial charge in [-0.2, -0.15) is 0 Å².